The normalized spacial score (nSPS) is 25.6. The average Bonchev–Trinajstić information content (AvgIpc) is 1.58. The van der Waals surface area contributed by atoms with E-state index in [9.17, 15) is 48.3 Å². The lowest BCUT2D eigenvalue weighted by atomic mass is 9.69. The topological polar surface area (TPSA) is 523 Å². The van der Waals surface area contributed by atoms with Crippen molar-refractivity contribution < 1.29 is 141 Å². The van der Waals surface area contributed by atoms with Gasteiger partial charge in [-0.25, -0.2) is 19.2 Å². The molecule has 0 unspecified atom stereocenters. The first-order valence-corrected chi connectivity index (χ1v) is 47.4. The SMILES string of the molecule is CC(=O)O.COc1ccc2c3c1O[C@H]1C[C@@H](OC(=O)CCCC(=O)N[C@@H](CC(C)C)C(=O)O)C=C[C@@]31CCN(C)C2.COc1ccc2c3c1O[C@H]1C[C@@H](OC(=O)[C@@H](N)C(C)C)C=C[C@@]31CCN(C)C2.COc1ccc2c3c1O[C@H]1C[C@@H](OC(=O)[C@@H](N)C(C)C)C=C[C@@]31CCN(C)C2.COc1ccc2c3c1O[C@H]1C[C@@H](OC(=O)[C@@H](NC(C)=O)C(C)C)C=C[C@@]31CCN(C)C2.O.O=C(O)[C@H](O)[C@@H](O)C(=O)O.S.S. The molecule has 0 bridgehead atoms. The van der Waals surface area contributed by atoms with E-state index in [4.69, 9.17) is 98.6 Å². The van der Waals surface area contributed by atoms with Crippen LogP contribution < -0.4 is 60.0 Å². The van der Waals surface area contributed by atoms with Crippen LogP contribution in [0.15, 0.2) is 97.1 Å². The number of hydrogen-bond donors (Lipinski definition) is 10. The summed E-state index contributed by atoms with van der Waals surface area (Å²) in [6.07, 6.45) is 17.2. The molecule has 8 heterocycles. The number of nitrogens with zero attached hydrogens (tertiary/aromatic N) is 4. The van der Waals surface area contributed by atoms with Crippen molar-refractivity contribution in [1.29, 1.82) is 0 Å². The highest BCUT2D eigenvalue weighted by Crippen LogP contribution is 2.61. The molecule has 37 nitrogen and oxygen atoms in total. The molecule has 780 valence electrons. The lowest BCUT2D eigenvalue weighted by molar-refractivity contribution is -0.165. The Kier molecular flexibility index (Phi) is 40.6. The largest absolute Gasteiger partial charge is 0.493 e. The molecule has 18 atom stereocenters. The Morgan fingerprint density at radius 3 is 0.957 bits per heavy atom. The minimum absolute atomic E-state index is 0. The number of rotatable bonds is 26. The molecule has 0 saturated carbocycles. The first-order chi connectivity index (χ1) is 65.3. The number of hydrogen-bond acceptors (Lipinski definition) is 30. The van der Waals surface area contributed by atoms with E-state index in [0.29, 0.717) is 32.1 Å². The Morgan fingerprint density at radius 1 is 0.426 bits per heavy atom. The molecular weight excluding hydrogens is 1870 g/mol. The van der Waals surface area contributed by atoms with Crippen LogP contribution in [0.1, 0.15) is 191 Å². The van der Waals surface area contributed by atoms with Gasteiger partial charge in [-0.1, -0.05) is 104 Å². The second-order valence-electron chi connectivity index (χ2n) is 39.4. The number of ether oxygens (including phenoxy) is 12. The van der Waals surface area contributed by atoms with E-state index in [1.165, 1.54) is 51.4 Å². The Balaban J connectivity index is 0.000000219. The summed E-state index contributed by atoms with van der Waals surface area (Å²) in [7, 11) is 15.2. The number of aliphatic hydroxyl groups excluding tert-OH is 2. The van der Waals surface area contributed by atoms with E-state index in [1.807, 2.05) is 104 Å². The summed E-state index contributed by atoms with van der Waals surface area (Å²) in [5, 5.41) is 54.5. The van der Waals surface area contributed by atoms with Gasteiger partial charge >= 0.3 is 41.8 Å². The maximum atomic E-state index is 12.8. The number of benzene rings is 4. The van der Waals surface area contributed by atoms with Crippen molar-refractivity contribution in [3.63, 3.8) is 0 Å². The molecule has 4 aromatic carbocycles. The molecule has 39 heteroatoms. The van der Waals surface area contributed by atoms with Crippen LogP contribution in [0.25, 0.3) is 0 Å². The fourth-order valence-corrected chi connectivity index (χ4v) is 20.4. The number of aliphatic carboxylic acids is 4. The molecular formula is C102H146N8O29S2. The third-order valence-corrected chi connectivity index (χ3v) is 27.8. The molecule has 0 saturated heterocycles. The minimum Gasteiger partial charge on any atom is -0.493 e. The second kappa shape index (κ2) is 49.5. The van der Waals surface area contributed by atoms with Crippen LogP contribution in [0.5, 0.6) is 46.0 Å². The van der Waals surface area contributed by atoms with Gasteiger partial charge in [0.2, 0.25) is 11.8 Å². The smallest absolute Gasteiger partial charge is 0.335 e. The number of amides is 2. The predicted octanol–water partition coefficient (Wildman–Crippen LogP) is 7.89. The van der Waals surface area contributed by atoms with Crippen LogP contribution in [0.3, 0.4) is 0 Å². The maximum Gasteiger partial charge on any atom is 0.335 e. The van der Waals surface area contributed by atoms with E-state index in [2.05, 4.69) is 107 Å². The number of aliphatic hydroxyl groups is 2. The molecule has 12 aliphatic rings. The van der Waals surface area contributed by atoms with Gasteiger partial charge in [-0.2, -0.15) is 27.0 Å². The number of methoxy groups -OCH3 is 4. The third-order valence-electron chi connectivity index (χ3n) is 27.8. The van der Waals surface area contributed by atoms with Crippen molar-refractivity contribution in [2.75, 3.05) is 82.8 Å². The number of nitrogens with one attached hydrogen (secondary N) is 2. The summed E-state index contributed by atoms with van der Waals surface area (Å²) in [6, 6.07) is 13.6. The van der Waals surface area contributed by atoms with Gasteiger partial charge in [-0.05, 0) is 187 Å². The lowest BCUT2D eigenvalue weighted by Gasteiger charge is -2.37. The minimum atomic E-state index is -2.27. The van der Waals surface area contributed by atoms with E-state index in [-0.39, 0.29) is 163 Å². The zero-order valence-corrected chi connectivity index (χ0v) is 85.9. The van der Waals surface area contributed by atoms with E-state index in [0.717, 1.165) is 131 Å². The molecule has 4 aliphatic carbocycles. The van der Waals surface area contributed by atoms with Crippen molar-refractivity contribution >= 4 is 86.6 Å². The van der Waals surface area contributed by atoms with Gasteiger partial charge in [0, 0.05) is 101 Å². The quantitative estimate of drug-likeness (QED) is 0.0162. The van der Waals surface area contributed by atoms with E-state index in [1.54, 1.807) is 28.4 Å². The maximum absolute atomic E-state index is 12.8. The van der Waals surface area contributed by atoms with Gasteiger partial charge in [-0.15, -0.1) is 0 Å². The highest BCUT2D eigenvalue weighted by atomic mass is 32.1. The van der Waals surface area contributed by atoms with Gasteiger partial charge in [0.1, 0.15) is 73.0 Å². The summed E-state index contributed by atoms with van der Waals surface area (Å²) in [4.78, 5) is 123. The standard InChI is InChI=1S/C28H38N2O7.C24H32N2O5.2C22H30N2O4.C4H6O6.C2H4O2.H2O.2H2S/c1-17(2)14-20(27(33)34)29-23(31)6-5-7-24(32)36-19-10-11-28-12-13-30(3)16-18-8-9-21(35-4)26(25(18)28)37-22(28)15-19;1-14(2)21(25-15(3)27)23(28)30-17-8-9-24-10-11-26(4)13-16-6-7-18(29-5)22(20(16)24)31-19(24)12-17;2*1-13(2)19(23)21(25)27-15-7-8-22-9-10-24(3)12-14-5-6-16(26-4)20(18(14)22)28-17(22)11-15;5-1(3(7)8)2(6)4(9)10;1-2(3)4;;;/h8-11,17,19-20,22H,5-7,12-16H2,1-4H3,(H,29,31)(H,33,34);6-9,14,17,19,21H,10-13H2,1-5H3,(H,25,27);2*5-8,13,15,17,19H,9-12,23H2,1-4H3;1-2,5-6H,(H,7,8)(H,9,10);1H3,(H,3,4);3*1H2/t19-,20-,22-,28-;17-,19-,21-,24-;2*15-,17-,19-,22-;1-,2-;;;;/m00001..../s1. The fourth-order valence-electron chi connectivity index (χ4n) is 20.4. The zero-order valence-electron chi connectivity index (χ0n) is 83.9. The predicted molar refractivity (Wildman–Crippen MR) is 531 cm³/mol. The molecule has 8 aliphatic heterocycles. The lowest BCUT2D eigenvalue weighted by Crippen LogP contribution is -2.47. The number of esters is 4. The molecule has 0 fully saturated rings. The van der Waals surface area contributed by atoms with Crippen molar-refractivity contribution in [3.05, 3.63) is 142 Å². The number of carboxylic acids is 4. The number of carbonyl (C=O) groups excluding carboxylic acids is 6. The Hall–Kier alpha value is -10.7. The summed E-state index contributed by atoms with van der Waals surface area (Å²) >= 11 is 0. The van der Waals surface area contributed by atoms with Crippen LogP contribution in [-0.2, 0) is 115 Å². The van der Waals surface area contributed by atoms with Crippen LogP contribution in [-0.4, -0.2) is 283 Å². The van der Waals surface area contributed by atoms with Crippen LogP contribution >= 0.6 is 27.0 Å². The van der Waals surface area contributed by atoms with E-state index < -0.39 is 78.4 Å². The van der Waals surface area contributed by atoms with Crippen molar-refractivity contribution in [1.82, 2.24) is 30.2 Å². The molecule has 0 radical (unpaired) electrons. The molecule has 141 heavy (non-hydrogen) atoms. The second-order valence-corrected chi connectivity index (χ2v) is 39.4. The Morgan fingerprint density at radius 2 is 0.709 bits per heavy atom. The van der Waals surface area contributed by atoms with Crippen molar-refractivity contribution in [3.8, 4) is 46.0 Å². The molecule has 2 amide bonds. The van der Waals surface area contributed by atoms with Crippen molar-refractivity contribution in [2.45, 2.75) is 279 Å². The van der Waals surface area contributed by atoms with Crippen molar-refractivity contribution in [2.24, 2.45) is 35.1 Å². The Bertz CT molecular complexity index is 5090. The highest BCUT2D eigenvalue weighted by molar-refractivity contribution is 7.59. The van der Waals surface area contributed by atoms with Crippen LogP contribution in [0, 0.1) is 23.7 Å². The summed E-state index contributed by atoms with van der Waals surface area (Å²) in [5.41, 5.74) is 20.9. The number of carbonyl (C=O) groups is 10. The first-order valence-electron chi connectivity index (χ1n) is 47.4. The average molecular weight is 2010 g/mol. The monoisotopic (exact) mass is 2010 g/mol. The number of nitrogens with two attached hydrogens (primary N) is 2. The highest BCUT2D eigenvalue weighted by Gasteiger charge is 2.58. The molecule has 4 aromatic rings. The summed E-state index contributed by atoms with van der Waals surface area (Å²) in [6.45, 7) is 25.1. The first kappa shape index (κ1) is 116. The summed E-state index contributed by atoms with van der Waals surface area (Å²) in [5.74, 6) is -1.09. The third kappa shape index (κ3) is 26.1. The van der Waals surface area contributed by atoms with Gasteiger partial charge in [-0.3, -0.25) is 28.8 Å². The number of carboxylic acid groups (broad SMARTS) is 4. The molecule has 4 spiro atoms. The fraction of sp³-hybridized carbons (Fsp3) is 0.588. The summed E-state index contributed by atoms with van der Waals surface area (Å²) < 4.78 is 71.1. The zero-order chi connectivity index (χ0) is 101. The molecule has 16 rings (SSSR count). The van der Waals surface area contributed by atoms with Gasteiger partial charge in [0.05, 0.1) is 50.1 Å². The van der Waals surface area contributed by atoms with Gasteiger partial charge in [0.25, 0.3) is 5.97 Å². The Labute approximate surface area is 838 Å². The molecule has 14 N–H and O–H groups in total. The van der Waals surface area contributed by atoms with Gasteiger partial charge in [0.15, 0.2) is 58.2 Å². The van der Waals surface area contributed by atoms with Gasteiger partial charge < -0.3 is 135 Å². The van der Waals surface area contributed by atoms with Crippen LogP contribution in [0.2, 0.25) is 0 Å². The molecule has 0 aromatic heterocycles. The van der Waals surface area contributed by atoms with Crippen LogP contribution in [0.4, 0.5) is 0 Å². The van der Waals surface area contributed by atoms with E-state index >= 15 is 0 Å².